The van der Waals surface area contributed by atoms with Crippen molar-refractivity contribution in [1.82, 2.24) is 20.2 Å². The third-order valence-electron chi connectivity index (χ3n) is 4.88. The number of aryl methyl sites for hydroxylation is 2. The molecule has 0 aromatic carbocycles. The van der Waals surface area contributed by atoms with Crippen LogP contribution in [-0.4, -0.2) is 33.4 Å². The summed E-state index contributed by atoms with van der Waals surface area (Å²) in [6, 6.07) is 12.3. The number of piperidine rings is 1. The number of nitrogens with one attached hydrogen (secondary N) is 1. The highest BCUT2D eigenvalue weighted by Crippen LogP contribution is 2.21. The van der Waals surface area contributed by atoms with Crippen molar-refractivity contribution in [3.63, 3.8) is 0 Å². The van der Waals surface area contributed by atoms with Crippen LogP contribution >= 0.6 is 0 Å². The Balaban J connectivity index is 1.81. The second-order valence-electron chi connectivity index (χ2n) is 7.31. The van der Waals surface area contributed by atoms with Crippen LogP contribution in [0.15, 0.2) is 36.4 Å². The van der Waals surface area contributed by atoms with Gasteiger partial charge in [0.25, 0.3) is 0 Å². The Kier molecular flexibility index (Phi) is 5.99. The standard InChI is InChI=1S/C21H28N4O/c1-15-6-4-8-19(23-15)13-25(14-20-9-5-7-16(2)24-20)21(26)18-10-11-22-17(3)12-18/h4-9,17-18,22H,10-14H2,1-3H3/t17-,18-/m0/s1. The summed E-state index contributed by atoms with van der Waals surface area (Å²) in [6.07, 6.45) is 1.78. The van der Waals surface area contributed by atoms with Gasteiger partial charge in [-0.1, -0.05) is 12.1 Å². The van der Waals surface area contributed by atoms with E-state index in [1.807, 2.05) is 55.1 Å². The minimum atomic E-state index is 0.0702. The molecule has 5 nitrogen and oxygen atoms in total. The summed E-state index contributed by atoms with van der Waals surface area (Å²) in [5.74, 6) is 0.283. The molecule has 0 spiro atoms. The zero-order chi connectivity index (χ0) is 18.5. The van der Waals surface area contributed by atoms with Gasteiger partial charge >= 0.3 is 0 Å². The number of hydrogen-bond acceptors (Lipinski definition) is 4. The van der Waals surface area contributed by atoms with E-state index in [0.717, 1.165) is 42.2 Å². The molecule has 2 aromatic rings. The normalized spacial score (nSPS) is 20.0. The monoisotopic (exact) mass is 352 g/mol. The first kappa shape index (κ1) is 18.5. The summed E-state index contributed by atoms with van der Waals surface area (Å²) < 4.78 is 0. The molecule has 1 amide bonds. The van der Waals surface area contributed by atoms with Gasteiger partial charge in [0.05, 0.1) is 24.5 Å². The Labute approximate surface area is 155 Å². The highest BCUT2D eigenvalue weighted by atomic mass is 16.2. The number of pyridine rings is 2. The zero-order valence-corrected chi connectivity index (χ0v) is 15.9. The predicted molar refractivity (Wildman–Crippen MR) is 102 cm³/mol. The molecule has 0 aliphatic carbocycles. The summed E-state index contributed by atoms with van der Waals surface area (Å²) in [4.78, 5) is 24.4. The van der Waals surface area contributed by atoms with E-state index in [9.17, 15) is 4.79 Å². The second-order valence-corrected chi connectivity index (χ2v) is 7.31. The van der Waals surface area contributed by atoms with Crippen molar-refractivity contribution in [1.29, 1.82) is 0 Å². The van der Waals surface area contributed by atoms with E-state index in [2.05, 4.69) is 22.2 Å². The van der Waals surface area contributed by atoms with Gasteiger partial charge in [0.2, 0.25) is 5.91 Å². The molecule has 26 heavy (non-hydrogen) atoms. The molecule has 1 fully saturated rings. The van der Waals surface area contributed by atoms with Crippen LogP contribution in [-0.2, 0) is 17.9 Å². The largest absolute Gasteiger partial charge is 0.331 e. The third-order valence-corrected chi connectivity index (χ3v) is 4.88. The van der Waals surface area contributed by atoms with E-state index in [0.29, 0.717) is 19.1 Å². The minimum Gasteiger partial charge on any atom is -0.331 e. The molecular formula is C21H28N4O. The average Bonchev–Trinajstić information content (AvgIpc) is 2.61. The van der Waals surface area contributed by atoms with Crippen molar-refractivity contribution in [2.45, 2.75) is 52.7 Å². The van der Waals surface area contributed by atoms with Crippen LogP contribution < -0.4 is 5.32 Å². The lowest BCUT2D eigenvalue weighted by Crippen LogP contribution is -2.44. The first-order valence-electron chi connectivity index (χ1n) is 9.38. The van der Waals surface area contributed by atoms with Crippen LogP contribution in [0.3, 0.4) is 0 Å². The van der Waals surface area contributed by atoms with Gasteiger partial charge in [-0.25, -0.2) is 0 Å². The van der Waals surface area contributed by atoms with Crippen LogP contribution in [0.5, 0.6) is 0 Å². The van der Waals surface area contributed by atoms with Gasteiger partial charge in [-0.3, -0.25) is 14.8 Å². The maximum absolute atomic E-state index is 13.3. The van der Waals surface area contributed by atoms with Gasteiger partial charge in [0.15, 0.2) is 0 Å². The molecule has 5 heteroatoms. The summed E-state index contributed by atoms with van der Waals surface area (Å²) >= 11 is 0. The van der Waals surface area contributed by atoms with E-state index < -0.39 is 0 Å². The van der Waals surface area contributed by atoms with Gasteiger partial charge in [-0.2, -0.15) is 0 Å². The van der Waals surface area contributed by atoms with Crippen molar-refractivity contribution in [3.8, 4) is 0 Å². The molecule has 2 atom stereocenters. The Morgan fingerprint density at radius 1 is 1.08 bits per heavy atom. The van der Waals surface area contributed by atoms with Gasteiger partial charge < -0.3 is 10.2 Å². The Morgan fingerprint density at radius 3 is 2.15 bits per heavy atom. The average molecular weight is 352 g/mol. The van der Waals surface area contributed by atoms with Gasteiger partial charge in [-0.05, 0) is 64.4 Å². The van der Waals surface area contributed by atoms with Gasteiger partial charge in [-0.15, -0.1) is 0 Å². The molecule has 1 saturated heterocycles. The van der Waals surface area contributed by atoms with Gasteiger partial charge in [0.1, 0.15) is 0 Å². The molecule has 3 heterocycles. The maximum atomic E-state index is 13.3. The molecule has 3 rings (SSSR count). The lowest BCUT2D eigenvalue weighted by atomic mass is 9.92. The Morgan fingerprint density at radius 2 is 1.65 bits per heavy atom. The number of rotatable bonds is 5. The summed E-state index contributed by atoms with van der Waals surface area (Å²) in [5.41, 5.74) is 3.79. The van der Waals surface area contributed by atoms with Crippen molar-refractivity contribution in [2.75, 3.05) is 6.54 Å². The molecule has 0 unspecified atom stereocenters. The summed E-state index contributed by atoms with van der Waals surface area (Å²) in [7, 11) is 0. The number of hydrogen-bond donors (Lipinski definition) is 1. The van der Waals surface area contributed by atoms with E-state index in [1.165, 1.54) is 0 Å². The quantitative estimate of drug-likeness (QED) is 0.899. The number of amides is 1. The fourth-order valence-electron chi connectivity index (χ4n) is 3.59. The molecule has 0 saturated carbocycles. The van der Waals surface area contributed by atoms with Crippen LogP contribution in [0.1, 0.15) is 42.5 Å². The first-order chi connectivity index (χ1) is 12.5. The van der Waals surface area contributed by atoms with Crippen molar-refractivity contribution >= 4 is 5.91 Å². The topological polar surface area (TPSA) is 58.1 Å². The SMILES string of the molecule is Cc1cccc(CN(Cc2cccc(C)n2)C(=O)[C@H]2CCN[C@@H](C)C2)n1. The Bertz CT molecular complexity index is 714. The maximum Gasteiger partial charge on any atom is 0.226 e. The second kappa shape index (κ2) is 8.41. The van der Waals surface area contributed by atoms with E-state index in [-0.39, 0.29) is 11.8 Å². The smallest absolute Gasteiger partial charge is 0.226 e. The van der Waals surface area contributed by atoms with E-state index in [4.69, 9.17) is 0 Å². The number of carbonyl (C=O) groups is 1. The minimum absolute atomic E-state index is 0.0702. The molecule has 0 bridgehead atoms. The molecule has 1 aliphatic heterocycles. The number of carbonyl (C=O) groups excluding carboxylic acids is 1. The molecule has 1 N–H and O–H groups in total. The Hall–Kier alpha value is -2.27. The van der Waals surface area contributed by atoms with E-state index >= 15 is 0 Å². The van der Waals surface area contributed by atoms with Crippen molar-refractivity contribution < 1.29 is 4.79 Å². The summed E-state index contributed by atoms with van der Waals surface area (Å²) in [5, 5.41) is 3.42. The summed E-state index contributed by atoms with van der Waals surface area (Å²) in [6.45, 7) is 8.05. The first-order valence-corrected chi connectivity index (χ1v) is 9.38. The van der Waals surface area contributed by atoms with E-state index in [1.54, 1.807) is 0 Å². The molecule has 2 aromatic heterocycles. The van der Waals surface area contributed by atoms with Crippen LogP contribution in [0, 0.1) is 19.8 Å². The van der Waals surface area contributed by atoms with Crippen LogP contribution in [0.4, 0.5) is 0 Å². The molecule has 138 valence electrons. The molecule has 1 aliphatic rings. The lowest BCUT2D eigenvalue weighted by Gasteiger charge is -2.32. The third kappa shape index (κ3) is 4.88. The molecule has 0 radical (unpaired) electrons. The number of aromatic nitrogens is 2. The molecular weight excluding hydrogens is 324 g/mol. The lowest BCUT2D eigenvalue weighted by molar-refractivity contribution is -0.138. The van der Waals surface area contributed by atoms with Gasteiger partial charge in [0, 0.05) is 23.3 Å². The van der Waals surface area contributed by atoms with Crippen molar-refractivity contribution in [3.05, 3.63) is 59.2 Å². The fourth-order valence-corrected chi connectivity index (χ4v) is 3.59. The highest BCUT2D eigenvalue weighted by molar-refractivity contribution is 5.79. The fraction of sp³-hybridized carbons (Fsp3) is 0.476. The van der Waals surface area contributed by atoms with Crippen LogP contribution in [0.25, 0.3) is 0 Å². The highest BCUT2D eigenvalue weighted by Gasteiger charge is 2.29. The number of nitrogens with zero attached hydrogens (tertiary/aromatic N) is 3. The van der Waals surface area contributed by atoms with Crippen molar-refractivity contribution in [2.24, 2.45) is 5.92 Å². The van der Waals surface area contributed by atoms with Crippen LogP contribution in [0.2, 0.25) is 0 Å². The predicted octanol–water partition coefficient (Wildman–Crippen LogP) is 3.01. The zero-order valence-electron chi connectivity index (χ0n) is 15.9.